The summed E-state index contributed by atoms with van der Waals surface area (Å²) in [5.41, 5.74) is 3.69. The second-order valence-electron chi connectivity index (χ2n) is 8.24. The number of hydrogen-bond donors (Lipinski definition) is 2. The third kappa shape index (κ3) is 6.45. The highest BCUT2D eigenvalue weighted by Gasteiger charge is 2.18. The summed E-state index contributed by atoms with van der Waals surface area (Å²) in [6.45, 7) is 0.101. The molecule has 1 aliphatic heterocycles. The molecule has 2 N–H and O–H groups in total. The Hall–Kier alpha value is -5.16. The van der Waals surface area contributed by atoms with Crippen molar-refractivity contribution in [2.75, 3.05) is 6.79 Å². The number of fused-ring (bicyclic) bond motifs is 1. The van der Waals surface area contributed by atoms with Crippen molar-refractivity contribution in [1.82, 2.24) is 10.7 Å². The van der Waals surface area contributed by atoms with Crippen LogP contribution in [0.2, 0.25) is 0 Å². The number of nitrogens with zero attached hydrogens (tertiary/aromatic N) is 1. The molecule has 3 aromatic carbocycles. The number of rotatable bonds is 8. The standard InChI is InChI=1S/C29H20BrN3O7/c30-21-9-11-23(40-29(36)25-7-4-12-37-25)20(15-21)16-31-33-28(35)22(32-27(34)19-5-2-1-3-6-19)13-18-8-10-24-26(14-18)39-17-38-24/h1-16H,17H2,(H,32,34)(H,33,35). The molecule has 0 radical (unpaired) electrons. The van der Waals surface area contributed by atoms with Crippen molar-refractivity contribution in [2.45, 2.75) is 0 Å². The van der Waals surface area contributed by atoms with Crippen LogP contribution in [-0.2, 0) is 4.79 Å². The first kappa shape index (κ1) is 26.4. The van der Waals surface area contributed by atoms with Crippen LogP contribution in [0.4, 0.5) is 0 Å². The maximum Gasteiger partial charge on any atom is 0.379 e. The van der Waals surface area contributed by atoms with Gasteiger partial charge in [-0.2, -0.15) is 5.10 Å². The topological polar surface area (TPSA) is 128 Å². The number of nitrogens with one attached hydrogen (secondary N) is 2. The normalized spacial score (nSPS) is 12.3. The summed E-state index contributed by atoms with van der Waals surface area (Å²) in [4.78, 5) is 38.3. The molecule has 0 bridgehead atoms. The van der Waals surface area contributed by atoms with Gasteiger partial charge in [0.15, 0.2) is 11.5 Å². The van der Waals surface area contributed by atoms with Gasteiger partial charge in [0.2, 0.25) is 12.6 Å². The van der Waals surface area contributed by atoms with E-state index in [9.17, 15) is 14.4 Å². The summed E-state index contributed by atoms with van der Waals surface area (Å²) in [6, 6.07) is 21.5. The van der Waals surface area contributed by atoms with Gasteiger partial charge in [0.05, 0.1) is 12.5 Å². The second-order valence-corrected chi connectivity index (χ2v) is 9.15. The zero-order valence-corrected chi connectivity index (χ0v) is 22.2. The molecule has 10 nitrogen and oxygen atoms in total. The van der Waals surface area contributed by atoms with Gasteiger partial charge in [-0.15, -0.1) is 0 Å². The number of ether oxygens (including phenoxy) is 3. The average Bonchev–Trinajstić information content (AvgIpc) is 3.67. The first-order chi connectivity index (χ1) is 19.5. The lowest BCUT2D eigenvalue weighted by Gasteiger charge is -2.10. The van der Waals surface area contributed by atoms with Crippen LogP contribution in [0.3, 0.4) is 0 Å². The number of hydrogen-bond acceptors (Lipinski definition) is 8. The number of furan rings is 1. The molecule has 5 rings (SSSR count). The van der Waals surface area contributed by atoms with Crippen molar-refractivity contribution in [2.24, 2.45) is 5.10 Å². The maximum atomic E-state index is 13.2. The first-order valence-corrected chi connectivity index (χ1v) is 12.6. The van der Waals surface area contributed by atoms with Crippen molar-refractivity contribution in [3.63, 3.8) is 0 Å². The Kier molecular flexibility index (Phi) is 8.02. The summed E-state index contributed by atoms with van der Waals surface area (Å²) in [5.74, 6) is -0.537. The highest BCUT2D eigenvalue weighted by atomic mass is 79.9. The van der Waals surface area contributed by atoms with E-state index in [1.807, 2.05) is 0 Å². The predicted octanol–water partition coefficient (Wildman–Crippen LogP) is 4.91. The van der Waals surface area contributed by atoms with E-state index in [0.717, 1.165) is 0 Å². The summed E-state index contributed by atoms with van der Waals surface area (Å²) < 4.78 is 21.9. The van der Waals surface area contributed by atoms with Crippen molar-refractivity contribution in [3.8, 4) is 17.2 Å². The molecular formula is C29H20BrN3O7. The minimum Gasteiger partial charge on any atom is -0.457 e. The smallest absolute Gasteiger partial charge is 0.379 e. The largest absolute Gasteiger partial charge is 0.457 e. The minimum absolute atomic E-state index is 0.0339. The molecule has 200 valence electrons. The molecule has 0 unspecified atom stereocenters. The third-order valence-corrected chi connectivity index (χ3v) is 6.00. The quantitative estimate of drug-likeness (QED) is 0.0965. The Bertz CT molecular complexity index is 1620. The van der Waals surface area contributed by atoms with Gasteiger partial charge in [-0.25, -0.2) is 10.2 Å². The van der Waals surface area contributed by atoms with Crippen LogP contribution in [0.1, 0.15) is 32.0 Å². The van der Waals surface area contributed by atoms with Gasteiger partial charge in [-0.3, -0.25) is 9.59 Å². The van der Waals surface area contributed by atoms with E-state index < -0.39 is 17.8 Å². The Morgan fingerprint density at radius 2 is 1.75 bits per heavy atom. The lowest BCUT2D eigenvalue weighted by Crippen LogP contribution is -2.32. The zero-order valence-electron chi connectivity index (χ0n) is 20.6. The molecular weight excluding hydrogens is 582 g/mol. The number of halogens is 1. The molecule has 1 aliphatic rings. The van der Waals surface area contributed by atoms with Gasteiger partial charge >= 0.3 is 5.97 Å². The molecule has 40 heavy (non-hydrogen) atoms. The van der Waals surface area contributed by atoms with Crippen molar-refractivity contribution >= 4 is 46.0 Å². The molecule has 0 aliphatic carbocycles. The molecule has 0 spiro atoms. The van der Waals surface area contributed by atoms with Crippen molar-refractivity contribution in [1.29, 1.82) is 0 Å². The summed E-state index contributed by atoms with van der Waals surface area (Å²) in [6.07, 6.45) is 4.16. The molecule has 1 aromatic heterocycles. The minimum atomic E-state index is -0.692. The first-order valence-electron chi connectivity index (χ1n) is 11.8. The van der Waals surface area contributed by atoms with E-state index in [2.05, 4.69) is 31.8 Å². The molecule has 0 saturated heterocycles. The Morgan fingerprint density at radius 1 is 0.925 bits per heavy atom. The van der Waals surface area contributed by atoms with Crippen molar-refractivity contribution in [3.05, 3.63) is 118 Å². The summed E-state index contributed by atoms with van der Waals surface area (Å²) in [5, 5.41) is 6.65. The average molecular weight is 602 g/mol. The fraction of sp³-hybridized carbons (Fsp3) is 0.0345. The SMILES string of the molecule is O=C(NN=Cc1cc(Br)ccc1OC(=O)c1ccco1)C(=Cc1ccc2c(c1)OCO2)NC(=O)c1ccccc1. The zero-order chi connectivity index (χ0) is 27.9. The Labute approximate surface area is 236 Å². The van der Waals surface area contributed by atoms with E-state index >= 15 is 0 Å². The number of amides is 2. The van der Waals surface area contributed by atoms with E-state index in [-0.39, 0.29) is 24.0 Å². The van der Waals surface area contributed by atoms with Crippen LogP contribution in [0, 0.1) is 0 Å². The molecule has 2 heterocycles. The fourth-order valence-corrected chi connectivity index (χ4v) is 3.97. The summed E-state index contributed by atoms with van der Waals surface area (Å²) in [7, 11) is 0. The van der Waals surface area contributed by atoms with Gasteiger partial charge < -0.3 is 23.9 Å². The monoisotopic (exact) mass is 601 g/mol. The number of esters is 1. The lowest BCUT2D eigenvalue weighted by atomic mass is 10.1. The van der Waals surface area contributed by atoms with E-state index in [1.54, 1.807) is 72.8 Å². The van der Waals surface area contributed by atoms with E-state index in [1.165, 1.54) is 24.6 Å². The molecule has 2 amide bonds. The lowest BCUT2D eigenvalue weighted by molar-refractivity contribution is -0.117. The van der Waals surface area contributed by atoms with Gasteiger partial charge in [0.25, 0.3) is 11.8 Å². The number of benzene rings is 3. The number of carbonyl (C=O) groups excluding carboxylic acids is 3. The highest BCUT2D eigenvalue weighted by Crippen LogP contribution is 2.33. The molecule has 0 fully saturated rings. The van der Waals surface area contributed by atoms with Gasteiger partial charge in [-0.05, 0) is 66.2 Å². The van der Waals surface area contributed by atoms with Crippen LogP contribution in [0.5, 0.6) is 17.2 Å². The van der Waals surface area contributed by atoms with Crippen LogP contribution >= 0.6 is 15.9 Å². The molecule has 11 heteroatoms. The highest BCUT2D eigenvalue weighted by molar-refractivity contribution is 9.10. The second kappa shape index (κ2) is 12.1. The molecule has 0 saturated carbocycles. The van der Waals surface area contributed by atoms with E-state index in [4.69, 9.17) is 18.6 Å². The van der Waals surface area contributed by atoms with Gasteiger partial charge in [-0.1, -0.05) is 40.2 Å². The van der Waals surface area contributed by atoms with Crippen LogP contribution in [0.15, 0.2) is 105 Å². The number of carbonyl (C=O) groups is 3. The van der Waals surface area contributed by atoms with Crippen molar-refractivity contribution < 1.29 is 33.0 Å². The van der Waals surface area contributed by atoms with E-state index in [0.29, 0.717) is 32.7 Å². The third-order valence-electron chi connectivity index (χ3n) is 5.50. The fourth-order valence-electron chi connectivity index (χ4n) is 3.59. The van der Waals surface area contributed by atoms with Crippen LogP contribution in [-0.4, -0.2) is 30.8 Å². The number of hydrazone groups is 1. The molecule has 4 aromatic rings. The maximum absolute atomic E-state index is 13.2. The molecule has 0 atom stereocenters. The Morgan fingerprint density at radius 3 is 2.55 bits per heavy atom. The van der Waals surface area contributed by atoms with Gasteiger partial charge in [0.1, 0.15) is 11.4 Å². The van der Waals surface area contributed by atoms with Crippen LogP contribution in [0.25, 0.3) is 6.08 Å². The summed E-state index contributed by atoms with van der Waals surface area (Å²) >= 11 is 3.37. The Balaban J connectivity index is 1.36. The van der Waals surface area contributed by atoms with Gasteiger partial charge in [0, 0.05) is 15.6 Å². The van der Waals surface area contributed by atoms with Crippen LogP contribution < -0.4 is 25.0 Å². The predicted molar refractivity (Wildman–Crippen MR) is 148 cm³/mol.